The van der Waals surface area contributed by atoms with Crippen LogP contribution in [0.15, 0.2) is 115 Å². The van der Waals surface area contributed by atoms with Gasteiger partial charge >= 0.3 is 5.97 Å². The van der Waals surface area contributed by atoms with Gasteiger partial charge in [0.15, 0.2) is 5.96 Å². The maximum atomic E-state index is 15.1. The number of aromatic hydroxyl groups is 1. The Bertz CT molecular complexity index is 4450. The topological polar surface area (TPSA) is 559 Å². The quantitative estimate of drug-likeness (QED) is 0.0171. The Morgan fingerprint density at radius 1 is 0.368 bits per heavy atom. The van der Waals surface area contributed by atoms with Crippen LogP contribution < -0.4 is 90.8 Å². The molecule has 1 aliphatic heterocycles. The van der Waals surface area contributed by atoms with Gasteiger partial charge in [-0.2, -0.15) is 0 Å². The predicted octanol–water partition coefficient (Wildman–Crippen LogP) is 3.52. The van der Waals surface area contributed by atoms with Gasteiger partial charge in [-0.05, 0) is 133 Å². The second-order valence-corrected chi connectivity index (χ2v) is 36.7. The standard InChI is InChI=1S/C97H148N18O18/c1-17-58(13)78(113-89(125)69(46-54(5)6)103-84(120)73(50-63-34-26-22-27-35-63)106-87(123)75(52-65-40-42-66(117)43-41-65)107-86(122)72(49-62-32-24-21-25-33-62)105-82(118)67-38-30-44-100-67)93(129)109-71(48-56(9)10)88(124)111-77(57(11)12)92(128)102-68(39-31-45-101-97(98)99)83(119)112-80(60(15)19-3)95(131)114-79(59(14)18-2)94(130)110-76(53-116)91(127)108-74(51-64-36-28-23-29-37-64)85(121)104-70(47-55(7)8)90(126)115-81(96(132)133)61(16)20-4/h21-29,32-37,40-43,54-61,67-81,100,116-117H,17-20,30-31,38-39,44-53H2,1-16H3,(H,102,128)(H,103,120)(H,104,121)(H,105,118)(H,106,123)(H,107,122)(H,108,127)(H,109,129)(H,110,130)(H,111,124)(H,112,119)(H,113,125)(H,114,131)(H,115,126)(H,132,133)(H4,98,99,101)/t58-,59-,60-,61-,67-,68-,69-,70-,71-,72-,73-,74-,75-,76-,77-,78-,79-,80-,81-/m0/s1. The highest BCUT2D eigenvalue weighted by Crippen LogP contribution is 2.22. The average molecular weight is 1850 g/mol. The lowest BCUT2D eigenvalue weighted by atomic mass is 9.94. The number of guanidine groups is 1. The van der Waals surface area contributed by atoms with Crippen LogP contribution in [0, 0.1) is 52.8 Å². The van der Waals surface area contributed by atoms with Gasteiger partial charge in [0.05, 0.1) is 12.6 Å². The first-order chi connectivity index (χ1) is 63.0. The highest BCUT2D eigenvalue weighted by Gasteiger charge is 2.42. The van der Waals surface area contributed by atoms with Crippen LogP contribution in [0.5, 0.6) is 5.75 Å². The van der Waals surface area contributed by atoms with Gasteiger partial charge in [-0.1, -0.05) is 240 Å². The maximum absolute atomic E-state index is 15.1. The average Bonchev–Trinajstić information content (AvgIpc) is 1.19. The molecule has 133 heavy (non-hydrogen) atoms. The van der Waals surface area contributed by atoms with Crippen molar-refractivity contribution < 1.29 is 87.2 Å². The van der Waals surface area contributed by atoms with Crippen LogP contribution in [0.25, 0.3) is 0 Å². The summed E-state index contributed by atoms with van der Waals surface area (Å²) < 4.78 is 0. The number of aliphatic hydroxyl groups is 1. The third-order valence-corrected chi connectivity index (χ3v) is 24.0. The molecule has 0 saturated carbocycles. The number of nitrogens with one attached hydrogen (secondary N) is 17. The molecule has 0 aliphatic carbocycles. The highest BCUT2D eigenvalue weighted by molar-refractivity contribution is 6.01. The van der Waals surface area contributed by atoms with Gasteiger partial charge in [-0.3, -0.25) is 72.5 Å². The van der Waals surface area contributed by atoms with Crippen LogP contribution in [0.1, 0.15) is 204 Å². The van der Waals surface area contributed by atoms with E-state index < -0.39 is 215 Å². The van der Waals surface area contributed by atoms with Crippen LogP contribution in [-0.4, -0.2) is 220 Å². The van der Waals surface area contributed by atoms with E-state index in [4.69, 9.17) is 11.1 Å². The molecule has 1 aliphatic rings. The van der Waals surface area contributed by atoms with Crippen LogP contribution in [0.4, 0.5) is 0 Å². The zero-order chi connectivity index (χ0) is 98.9. The molecule has 1 fully saturated rings. The summed E-state index contributed by atoms with van der Waals surface area (Å²) in [6.07, 6.45) is 2.39. The van der Waals surface area contributed by atoms with Crippen molar-refractivity contribution in [1.29, 1.82) is 5.41 Å². The smallest absolute Gasteiger partial charge is 0.326 e. The number of benzene rings is 4. The van der Waals surface area contributed by atoms with Crippen LogP contribution in [0.3, 0.4) is 0 Å². The summed E-state index contributed by atoms with van der Waals surface area (Å²) in [6, 6.07) is 12.4. The van der Waals surface area contributed by atoms with E-state index in [9.17, 15) is 68.1 Å². The van der Waals surface area contributed by atoms with Crippen molar-refractivity contribution in [3.63, 3.8) is 0 Å². The minimum Gasteiger partial charge on any atom is -0.508 e. The monoisotopic (exact) mass is 1850 g/mol. The van der Waals surface area contributed by atoms with Gasteiger partial charge in [-0.25, -0.2) is 4.79 Å². The van der Waals surface area contributed by atoms with E-state index in [-0.39, 0.29) is 107 Å². The van der Waals surface area contributed by atoms with Crippen molar-refractivity contribution in [3.8, 4) is 5.75 Å². The molecular weight excluding hydrogens is 1710 g/mol. The van der Waals surface area contributed by atoms with Gasteiger partial charge in [0.25, 0.3) is 0 Å². The summed E-state index contributed by atoms with van der Waals surface area (Å²) in [5.74, 6) is -16.7. The second-order valence-electron chi connectivity index (χ2n) is 36.7. The van der Waals surface area contributed by atoms with Gasteiger partial charge < -0.3 is 106 Å². The second kappa shape index (κ2) is 56.7. The summed E-state index contributed by atoms with van der Waals surface area (Å²) in [6.45, 7) is 27.5. The zero-order valence-electron chi connectivity index (χ0n) is 80.0. The number of aliphatic carboxylic acids is 1. The number of phenols is 1. The summed E-state index contributed by atoms with van der Waals surface area (Å²) >= 11 is 0. The first-order valence-corrected chi connectivity index (χ1v) is 46.8. The lowest BCUT2D eigenvalue weighted by Crippen LogP contribution is -2.63. The SMILES string of the molecule is CC[C@H](C)[C@H](NC(=O)[C@H](CC(C)C)NC(=O)[C@H](Cc1ccccc1)NC(=O)[C@H](CO)NC(=O)[C@@H](NC(=O)[C@@H](NC(=O)[C@H](CCCNC(=N)N)NC(=O)[C@@H](NC(=O)[C@H](CC(C)C)NC(=O)[C@@H](NC(=O)[C@H](CC(C)C)NC(=O)[C@H](Cc1ccccc1)NC(=O)[C@H](Cc1ccc(O)cc1)NC(=O)[C@H](Cc1ccccc1)NC(=O)[C@@H]1CCCN1)[C@@H](C)CC)C(C)C)[C@@H](C)CC)[C@@H](C)CC)C(=O)O. The Kier molecular flexibility index (Phi) is 47.5. The molecule has 22 N–H and O–H groups in total. The molecule has 0 spiro atoms. The zero-order valence-corrected chi connectivity index (χ0v) is 80.0. The third kappa shape index (κ3) is 37.8. The molecule has 36 nitrogen and oxygen atoms in total. The van der Waals surface area contributed by atoms with E-state index in [0.717, 1.165) is 12.0 Å². The fourth-order valence-electron chi connectivity index (χ4n) is 15.3. The number of carboxylic acid groups (broad SMARTS) is 1. The Hall–Kier alpha value is -12.1. The number of carbonyl (C=O) groups excluding carboxylic acids is 14. The van der Waals surface area contributed by atoms with E-state index in [1.165, 1.54) is 12.1 Å². The molecule has 1 saturated heterocycles. The number of hydrogen-bond donors (Lipinski definition) is 21. The van der Waals surface area contributed by atoms with Crippen LogP contribution >= 0.6 is 0 Å². The Balaban J connectivity index is 1.38. The first kappa shape index (κ1) is 111. The van der Waals surface area contributed by atoms with Crippen molar-refractivity contribution in [2.45, 2.75) is 298 Å². The number of carbonyl (C=O) groups is 15. The summed E-state index contributed by atoms with van der Waals surface area (Å²) in [5, 5.41) is 83.3. The number of hydrogen-bond acceptors (Lipinski definition) is 19. The van der Waals surface area contributed by atoms with E-state index >= 15 is 19.2 Å². The molecule has 4 aromatic rings. The van der Waals surface area contributed by atoms with E-state index in [0.29, 0.717) is 42.5 Å². The van der Waals surface area contributed by atoms with Crippen LogP contribution in [0.2, 0.25) is 0 Å². The summed E-state index contributed by atoms with van der Waals surface area (Å²) in [5.41, 5.74) is 8.07. The number of nitrogens with two attached hydrogens (primary N) is 1. The van der Waals surface area contributed by atoms with E-state index in [2.05, 4.69) is 85.1 Å². The molecule has 0 aromatic heterocycles. The minimum atomic E-state index is -1.74. The third-order valence-electron chi connectivity index (χ3n) is 24.0. The molecule has 5 rings (SSSR count). The van der Waals surface area contributed by atoms with Crippen molar-refractivity contribution in [2.24, 2.45) is 53.1 Å². The molecule has 0 bridgehead atoms. The fourth-order valence-corrected chi connectivity index (χ4v) is 15.3. The first-order valence-electron chi connectivity index (χ1n) is 46.8. The largest absolute Gasteiger partial charge is 0.508 e. The fraction of sp³-hybridized carbons (Fsp3) is 0.588. The normalized spacial score (nSPS) is 16.6. The van der Waals surface area contributed by atoms with E-state index in [1.54, 1.807) is 182 Å². The van der Waals surface area contributed by atoms with Gasteiger partial charge in [0.2, 0.25) is 82.7 Å². The molecular formula is C97H148N18O18. The van der Waals surface area contributed by atoms with Crippen molar-refractivity contribution >= 4 is 94.6 Å². The summed E-state index contributed by atoms with van der Waals surface area (Å²) in [4.78, 5) is 218. The molecule has 36 heteroatoms. The van der Waals surface area contributed by atoms with Gasteiger partial charge in [-0.15, -0.1) is 0 Å². The van der Waals surface area contributed by atoms with Crippen molar-refractivity contribution in [2.75, 3.05) is 19.7 Å². The van der Waals surface area contributed by atoms with Crippen LogP contribution in [-0.2, 0) is 97.6 Å². The lowest BCUT2D eigenvalue weighted by molar-refractivity contribution is -0.144. The lowest BCUT2D eigenvalue weighted by Gasteiger charge is -2.32. The molecule has 0 unspecified atom stereocenters. The van der Waals surface area contributed by atoms with Crippen molar-refractivity contribution in [3.05, 3.63) is 138 Å². The molecule has 4 aromatic carbocycles. The molecule has 0 radical (unpaired) electrons. The Morgan fingerprint density at radius 3 is 0.992 bits per heavy atom. The van der Waals surface area contributed by atoms with Crippen molar-refractivity contribution in [1.82, 2.24) is 85.1 Å². The molecule has 1 heterocycles. The number of aliphatic hydroxyl groups excluding tert-OH is 1. The maximum Gasteiger partial charge on any atom is 0.326 e. The number of carboxylic acids is 1. The van der Waals surface area contributed by atoms with Gasteiger partial charge in [0.1, 0.15) is 90.3 Å². The van der Waals surface area contributed by atoms with Gasteiger partial charge in [0, 0.05) is 32.2 Å². The summed E-state index contributed by atoms with van der Waals surface area (Å²) in [7, 11) is 0. The predicted molar refractivity (Wildman–Crippen MR) is 505 cm³/mol. The minimum absolute atomic E-state index is 0.0104. The number of phenolic OH excluding ortho intramolecular Hbond substituents is 1. The molecule has 19 atom stereocenters. The Morgan fingerprint density at radius 2 is 0.654 bits per heavy atom. The molecule has 734 valence electrons. The highest BCUT2D eigenvalue weighted by atomic mass is 16.4. The molecule has 14 amide bonds. The van der Waals surface area contributed by atoms with E-state index in [1.807, 2.05) is 32.0 Å². The number of amides is 14. The number of rotatable bonds is 57. The Labute approximate surface area is 782 Å².